The average molecular weight is 284 g/mol. The molecule has 0 atom stereocenters. The number of rotatable bonds is 1. The Morgan fingerprint density at radius 1 is 1.13 bits per heavy atom. The topological polar surface area (TPSA) is 25.8 Å². The average Bonchev–Trinajstić information content (AvgIpc) is 2.20. The van der Waals surface area contributed by atoms with Gasteiger partial charge >= 0.3 is 0 Å². The van der Waals surface area contributed by atoms with Crippen LogP contribution >= 0.6 is 27.5 Å². The van der Waals surface area contributed by atoms with Gasteiger partial charge in [-0.1, -0.05) is 39.7 Å². The highest BCUT2D eigenvalue weighted by Crippen LogP contribution is 2.28. The van der Waals surface area contributed by atoms with E-state index in [1.165, 1.54) is 6.33 Å². The summed E-state index contributed by atoms with van der Waals surface area (Å²) in [4.78, 5) is 8.11. The third-order valence-corrected chi connectivity index (χ3v) is 2.94. The number of benzene rings is 1. The molecule has 0 spiro atoms. The van der Waals surface area contributed by atoms with Gasteiger partial charge < -0.3 is 0 Å². The highest BCUT2D eigenvalue weighted by Gasteiger charge is 2.08. The van der Waals surface area contributed by atoms with Crippen molar-refractivity contribution in [1.82, 2.24) is 9.97 Å². The largest absolute Gasteiger partial charge is 0.241 e. The van der Waals surface area contributed by atoms with Crippen LogP contribution in [0.15, 0.2) is 35.1 Å². The van der Waals surface area contributed by atoms with Crippen LogP contribution in [0.3, 0.4) is 0 Å². The highest BCUT2D eigenvalue weighted by atomic mass is 79.9. The maximum absolute atomic E-state index is 6.04. The molecule has 1 aromatic carbocycles. The zero-order valence-electron chi connectivity index (χ0n) is 8.04. The van der Waals surface area contributed by atoms with E-state index < -0.39 is 0 Å². The van der Waals surface area contributed by atoms with Gasteiger partial charge in [-0.25, -0.2) is 9.97 Å². The summed E-state index contributed by atoms with van der Waals surface area (Å²) in [6, 6.07) is 7.92. The summed E-state index contributed by atoms with van der Waals surface area (Å²) in [5, 5.41) is 0.491. The van der Waals surface area contributed by atoms with Crippen molar-refractivity contribution in [3.63, 3.8) is 0 Å². The van der Waals surface area contributed by atoms with Crippen LogP contribution in [0.2, 0.25) is 5.15 Å². The van der Waals surface area contributed by atoms with Crippen molar-refractivity contribution >= 4 is 27.5 Å². The van der Waals surface area contributed by atoms with E-state index in [1.54, 1.807) is 0 Å². The summed E-state index contributed by atoms with van der Waals surface area (Å²) in [6.07, 6.45) is 1.47. The molecule has 0 aliphatic rings. The molecule has 0 amide bonds. The SMILES string of the molecule is Cc1ncnc(Cl)c1-c1ccc(Br)cc1. The number of hydrogen-bond donors (Lipinski definition) is 0. The predicted octanol–water partition coefficient (Wildman–Crippen LogP) is 3.87. The maximum atomic E-state index is 6.04. The first-order valence-electron chi connectivity index (χ1n) is 4.41. The molecule has 2 nitrogen and oxygen atoms in total. The Morgan fingerprint density at radius 3 is 2.40 bits per heavy atom. The lowest BCUT2D eigenvalue weighted by Crippen LogP contribution is -1.91. The summed E-state index contributed by atoms with van der Waals surface area (Å²) in [5.41, 5.74) is 2.81. The second kappa shape index (κ2) is 4.29. The quantitative estimate of drug-likeness (QED) is 0.743. The van der Waals surface area contributed by atoms with Crippen molar-refractivity contribution in [3.05, 3.63) is 45.9 Å². The standard InChI is InChI=1S/C11H8BrClN2/c1-7-10(11(13)15-6-14-7)8-2-4-9(12)5-3-8/h2-6H,1H3. The zero-order valence-corrected chi connectivity index (χ0v) is 10.4. The molecule has 0 bridgehead atoms. The Bertz CT molecular complexity index is 462. The van der Waals surface area contributed by atoms with Crippen LogP contribution in [-0.2, 0) is 0 Å². The van der Waals surface area contributed by atoms with Gasteiger partial charge in [0.05, 0.1) is 5.69 Å². The number of aryl methyl sites for hydroxylation is 1. The highest BCUT2D eigenvalue weighted by molar-refractivity contribution is 9.10. The molecule has 2 rings (SSSR count). The molecule has 0 saturated heterocycles. The van der Waals surface area contributed by atoms with Gasteiger partial charge in [0, 0.05) is 10.0 Å². The van der Waals surface area contributed by atoms with E-state index in [4.69, 9.17) is 11.6 Å². The summed E-state index contributed by atoms with van der Waals surface area (Å²) in [7, 11) is 0. The lowest BCUT2D eigenvalue weighted by molar-refractivity contribution is 1.11. The molecule has 0 aliphatic heterocycles. The van der Waals surface area contributed by atoms with Gasteiger partial charge in [-0.3, -0.25) is 0 Å². The molecular weight excluding hydrogens is 275 g/mol. The molecule has 0 unspecified atom stereocenters. The van der Waals surface area contributed by atoms with Gasteiger partial charge in [-0.2, -0.15) is 0 Å². The number of halogens is 2. The van der Waals surface area contributed by atoms with Crippen molar-refractivity contribution in [2.24, 2.45) is 0 Å². The lowest BCUT2D eigenvalue weighted by Gasteiger charge is -2.06. The summed E-state index contributed by atoms with van der Waals surface area (Å²) >= 11 is 9.43. The smallest absolute Gasteiger partial charge is 0.140 e. The summed E-state index contributed by atoms with van der Waals surface area (Å²) in [5.74, 6) is 0. The monoisotopic (exact) mass is 282 g/mol. The van der Waals surface area contributed by atoms with Crippen LogP contribution in [-0.4, -0.2) is 9.97 Å². The first kappa shape index (κ1) is 10.6. The normalized spacial score (nSPS) is 10.3. The van der Waals surface area contributed by atoms with E-state index in [1.807, 2.05) is 31.2 Å². The van der Waals surface area contributed by atoms with Crippen LogP contribution in [0.4, 0.5) is 0 Å². The predicted molar refractivity (Wildman–Crippen MR) is 64.9 cm³/mol. The molecule has 1 heterocycles. The van der Waals surface area contributed by atoms with Crippen LogP contribution < -0.4 is 0 Å². The van der Waals surface area contributed by atoms with Gasteiger partial charge in [-0.15, -0.1) is 0 Å². The third kappa shape index (κ3) is 2.19. The molecule has 15 heavy (non-hydrogen) atoms. The van der Waals surface area contributed by atoms with E-state index in [0.29, 0.717) is 5.15 Å². The minimum atomic E-state index is 0.491. The molecule has 76 valence electrons. The second-order valence-electron chi connectivity index (χ2n) is 3.13. The number of hydrogen-bond acceptors (Lipinski definition) is 2. The first-order valence-corrected chi connectivity index (χ1v) is 5.58. The Labute approximate surface area is 101 Å². The van der Waals surface area contributed by atoms with Crippen LogP contribution in [0.25, 0.3) is 11.1 Å². The fourth-order valence-corrected chi connectivity index (χ4v) is 1.94. The molecule has 1 aromatic heterocycles. The second-order valence-corrected chi connectivity index (χ2v) is 4.41. The molecule has 4 heteroatoms. The molecule has 0 saturated carbocycles. The molecule has 2 aromatic rings. The lowest BCUT2D eigenvalue weighted by atomic mass is 10.1. The Kier molecular flexibility index (Phi) is 3.03. The van der Waals surface area contributed by atoms with Gasteiger partial charge in [0.15, 0.2) is 0 Å². The van der Waals surface area contributed by atoms with Gasteiger partial charge in [0.2, 0.25) is 0 Å². The first-order chi connectivity index (χ1) is 7.18. The van der Waals surface area contributed by atoms with Crippen LogP contribution in [0.5, 0.6) is 0 Å². The van der Waals surface area contributed by atoms with Gasteiger partial charge in [-0.05, 0) is 24.6 Å². The van der Waals surface area contributed by atoms with Gasteiger partial charge in [0.1, 0.15) is 11.5 Å². The Balaban J connectivity index is 2.58. The molecular formula is C11H8BrClN2. The summed E-state index contributed by atoms with van der Waals surface area (Å²) in [6.45, 7) is 1.92. The Hall–Kier alpha value is -0.930. The van der Waals surface area contributed by atoms with Crippen LogP contribution in [0, 0.1) is 6.92 Å². The van der Waals surface area contributed by atoms with Crippen molar-refractivity contribution in [3.8, 4) is 11.1 Å². The van der Waals surface area contributed by atoms with E-state index in [9.17, 15) is 0 Å². The zero-order chi connectivity index (χ0) is 10.8. The van der Waals surface area contributed by atoms with Crippen molar-refractivity contribution in [2.45, 2.75) is 6.92 Å². The van der Waals surface area contributed by atoms with Gasteiger partial charge in [0.25, 0.3) is 0 Å². The van der Waals surface area contributed by atoms with E-state index in [0.717, 1.165) is 21.3 Å². The van der Waals surface area contributed by atoms with E-state index >= 15 is 0 Å². The molecule has 0 radical (unpaired) electrons. The van der Waals surface area contributed by atoms with Crippen LogP contribution in [0.1, 0.15) is 5.69 Å². The van der Waals surface area contributed by atoms with Crippen molar-refractivity contribution in [1.29, 1.82) is 0 Å². The van der Waals surface area contributed by atoms with E-state index in [2.05, 4.69) is 25.9 Å². The third-order valence-electron chi connectivity index (χ3n) is 2.12. The van der Waals surface area contributed by atoms with E-state index in [-0.39, 0.29) is 0 Å². The fourth-order valence-electron chi connectivity index (χ4n) is 1.39. The molecule has 0 N–H and O–H groups in total. The number of nitrogens with zero attached hydrogens (tertiary/aromatic N) is 2. The number of aromatic nitrogens is 2. The molecule has 0 aliphatic carbocycles. The van der Waals surface area contributed by atoms with Crippen molar-refractivity contribution < 1.29 is 0 Å². The minimum absolute atomic E-state index is 0.491. The summed E-state index contributed by atoms with van der Waals surface area (Å²) < 4.78 is 1.04. The fraction of sp³-hybridized carbons (Fsp3) is 0.0909. The molecule has 0 fully saturated rings. The Morgan fingerprint density at radius 2 is 1.80 bits per heavy atom. The van der Waals surface area contributed by atoms with Crippen molar-refractivity contribution in [2.75, 3.05) is 0 Å². The minimum Gasteiger partial charge on any atom is -0.241 e. The maximum Gasteiger partial charge on any atom is 0.140 e.